The molecular formula is C16H24ClN3O2. The van der Waals surface area contributed by atoms with E-state index in [1.807, 2.05) is 19.2 Å². The maximum atomic E-state index is 12.3. The molecule has 0 unspecified atom stereocenters. The molecule has 1 aliphatic heterocycles. The van der Waals surface area contributed by atoms with E-state index in [0.29, 0.717) is 12.1 Å². The van der Waals surface area contributed by atoms with Gasteiger partial charge in [-0.1, -0.05) is 18.6 Å². The van der Waals surface area contributed by atoms with Crippen LogP contribution < -0.4 is 10.6 Å². The molecule has 6 heteroatoms. The molecule has 0 aromatic heterocycles. The van der Waals surface area contributed by atoms with Crippen molar-refractivity contribution in [3.8, 4) is 0 Å². The molecule has 0 bridgehead atoms. The van der Waals surface area contributed by atoms with Gasteiger partial charge in [0.15, 0.2) is 0 Å². The van der Waals surface area contributed by atoms with Gasteiger partial charge in [-0.25, -0.2) is 0 Å². The molecule has 0 saturated carbocycles. The smallest absolute Gasteiger partial charge is 0.251 e. The van der Waals surface area contributed by atoms with Gasteiger partial charge in [0, 0.05) is 26.2 Å². The van der Waals surface area contributed by atoms with Crippen LogP contribution in [0.2, 0.25) is 0 Å². The molecule has 1 aromatic rings. The van der Waals surface area contributed by atoms with Gasteiger partial charge in [-0.2, -0.15) is 0 Å². The van der Waals surface area contributed by atoms with Crippen molar-refractivity contribution in [3.05, 3.63) is 35.4 Å². The molecule has 1 saturated heterocycles. The average molecular weight is 326 g/mol. The fourth-order valence-corrected chi connectivity index (χ4v) is 2.59. The third-order valence-corrected chi connectivity index (χ3v) is 3.85. The van der Waals surface area contributed by atoms with Gasteiger partial charge in [-0.3, -0.25) is 9.59 Å². The van der Waals surface area contributed by atoms with Crippen molar-refractivity contribution in [3.63, 3.8) is 0 Å². The lowest BCUT2D eigenvalue weighted by Gasteiger charge is -2.27. The number of nitrogens with zero attached hydrogens (tertiary/aromatic N) is 1. The lowest BCUT2D eigenvalue weighted by molar-refractivity contribution is -0.133. The number of halogens is 1. The molecule has 1 heterocycles. The van der Waals surface area contributed by atoms with Crippen molar-refractivity contribution in [2.75, 3.05) is 20.6 Å². The lowest BCUT2D eigenvalue weighted by Crippen LogP contribution is -2.46. The Morgan fingerprint density at radius 1 is 1.27 bits per heavy atom. The van der Waals surface area contributed by atoms with E-state index in [9.17, 15) is 9.59 Å². The number of carbonyl (C=O) groups excluding carboxylic acids is 2. The average Bonchev–Trinajstić information content (AvgIpc) is 2.55. The van der Waals surface area contributed by atoms with E-state index in [-0.39, 0.29) is 30.3 Å². The van der Waals surface area contributed by atoms with E-state index < -0.39 is 0 Å². The van der Waals surface area contributed by atoms with Crippen LogP contribution in [0.4, 0.5) is 0 Å². The second-order valence-electron chi connectivity index (χ2n) is 5.47. The number of hydrogen-bond donors (Lipinski definition) is 2. The third kappa shape index (κ3) is 4.71. The van der Waals surface area contributed by atoms with Crippen LogP contribution >= 0.6 is 12.4 Å². The molecule has 22 heavy (non-hydrogen) atoms. The van der Waals surface area contributed by atoms with Gasteiger partial charge in [0.25, 0.3) is 5.91 Å². The SMILES string of the molecule is CNC(=O)c1ccc(CN(C)C(=O)[C@@H]2CCCCN2)cc1.Cl. The summed E-state index contributed by atoms with van der Waals surface area (Å²) in [6.07, 6.45) is 3.17. The first-order chi connectivity index (χ1) is 10.1. The maximum Gasteiger partial charge on any atom is 0.251 e. The minimum absolute atomic E-state index is 0. The Kier molecular flexibility index (Phi) is 7.35. The van der Waals surface area contributed by atoms with E-state index >= 15 is 0 Å². The predicted molar refractivity (Wildman–Crippen MR) is 89.2 cm³/mol. The number of rotatable bonds is 4. The molecule has 1 atom stereocenters. The van der Waals surface area contributed by atoms with Crippen molar-refractivity contribution in [2.24, 2.45) is 0 Å². The van der Waals surface area contributed by atoms with Crippen LogP contribution in [0.5, 0.6) is 0 Å². The Bertz CT molecular complexity index is 499. The van der Waals surface area contributed by atoms with Crippen molar-refractivity contribution >= 4 is 24.2 Å². The molecule has 0 radical (unpaired) electrons. The summed E-state index contributed by atoms with van der Waals surface area (Å²) in [6.45, 7) is 1.48. The summed E-state index contributed by atoms with van der Waals surface area (Å²) in [7, 11) is 3.44. The van der Waals surface area contributed by atoms with E-state index in [0.717, 1.165) is 31.4 Å². The van der Waals surface area contributed by atoms with Gasteiger partial charge in [0.2, 0.25) is 5.91 Å². The number of piperidine rings is 1. The monoisotopic (exact) mass is 325 g/mol. The highest BCUT2D eigenvalue weighted by molar-refractivity contribution is 5.93. The molecule has 0 aliphatic carbocycles. The number of nitrogens with one attached hydrogen (secondary N) is 2. The lowest BCUT2D eigenvalue weighted by atomic mass is 10.0. The van der Waals surface area contributed by atoms with Gasteiger partial charge in [0.1, 0.15) is 0 Å². The summed E-state index contributed by atoms with van der Waals surface area (Å²) in [6, 6.07) is 7.30. The summed E-state index contributed by atoms with van der Waals surface area (Å²) < 4.78 is 0. The first-order valence-electron chi connectivity index (χ1n) is 7.41. The first kappa shape index (κ1) is 18.5. The molecule has 1 aromatic carbocycles. The molecule has 1 aliphatic rings. The maximum absolute atomic E-state index is 12.3. The minimum atomic E-state index is -0.0996. The minimum Gasteiger partial charge on any atom is -0.355 e. The highest BCUT2D eigenvalue weighted by atomic mass is 35.5. The van der Waals surface area contributed by atoms with Gasteiger partial charge in [-0.15, -0.1) is 12.4 Å². The summed E-state index contributed by atoms with van der Waals surface area (Å²) in [5.74, 6) is 0.0439. The van der Waals surface area contributed by atoms with Gasteiger partial charge in [-0.05, 0) is 37.1 Å². The Hall–Kier alpha value is -1.59. The number of amides is 2. The van der Waals surface area contributed by atoms with Crippen LogP contribution in [-0.4, -0.2) is 43.4 Å². The predicted octanol–water partition coefficient (Wildman–Crippen LogP) is 1.57. The first-order valence-corrected chi connectivity index (χ1v) is 7.41. The van der Waals surface area contributed by atoms with Crippen molar-refractivity contribution in [1.29, 1.82) is 0 Å². The second-order valence-corrected chi connectivity index (χ2v) is 5.47. The van der Waals surface area contributed by atoms with Crippen molar-refractivity contribution in [2.45, 2.75) is 31.8 Å². The Labute approximate surface area is 137 Å². The Morgan fingerprint density at radius 3 is 2.50 bits per heavy atom. The zero-order valence-electron chi connectivity index (χ0n) is 13.1. The molecule has 2 rings (SSSR count). The Balaban J connectivity index is 0.00000242. The molecule has 5 nitrogen and oxygen atoms in total. The topological polar surface area (TPSA) is 61.4 Å². The fraction of sp³-hybridized carbons (Fsp3) is 0.500. The van der Waals surface area contributed by atoms with Gasteiger partial charge in [0.05, 0.1) is 6.04 Å². The second kappa shape index (κ2) is 8.76. The third-order valence-electron chi connectivity index (χ3n) is 3.85. The molecule has 0 spiro atoms. The number of benzene rings is 1. The van der Waals surface area contributed by atoms with Crippen LogP contribution in [0.25, 0.3) is 0 Å². The molecule has 2 N–H and O–H groups in total. The standard InChI is InChI=1S/C16H23N3O2.ClH/c1-17-15(20)13-8-6-12(7-9-13)11-19(2)16(21)14-5-3-4-10-18-14;/h6-9,14,18H,3-5,10-11H2,1-2H3,(H,17,20);1H/t14-;/m0./s1. The van der Waals surface area contributed by atoms with Gasteiger partial charge >= 0.3 is 0 Å². The summed E-state index contributed by atoms with van der Waals surface area (Å²) in [5.41, 5.74) is 1.65. The Morgan fingerprint density at radius 2 is 1.95 bits per heavy atom. The van der Waals surface area contributed by atoms with Crippen LogP contribution in [0.3, 0.4) is 0 Å². The normalized spacial score (nSPS) is 17.3. The fourth-order valence-electron chi connectivity index (χ4n) is 2.59. The van der Waals surface area contributed by atoms with E-state index in [1.165, 1.54) is 0 Å². The van der Waals surface area contributed by atoms with E-state index in [2.05, 4.69) is 10.6 Å². The number of carbonyl (C=O) groups is 2. The number of hydrogen-bond acceptors (Lipinski definition) is 3. The highest BCUT2D eigenvalue weighted by Crippen LogP contribution is 2.12. The van der Waals surface area contributed by atoms with Crippen molar-refractivity contribution < 1.29 is 9.59 Å². The zero-order chi connectivity index (χ0) is 15.2. The van der Waals surface area contributed by atoms with Crippen LogP contribution in [0.1, 0.15) is 35.2 Å². The van der Waals surface area contributed by atoms with Crippen LogP contribution in [0, 0.1) is 0 Å². The summed E-state index contributed by atoms with van der Waals surface area (Å²) >= 11 is 0. The van der Waals surface area contributed by atoms with Gasteiger partial charge < -0.3 is 15.5 Å². The summed E-state index contributed by atoms with van der Waals surface area (Å²) in [5, 5.41) is 5.86. The zero-order valence-corrected chi connectivity index (χ0v) is 13.9. The van der Waals surface area contributed by atoms with Crippen LogP contribution in [-0.2, 0) is 11.3 Å². The molecule has 2 amide bonds. The van der Waals surface area contributed by atoms with Crippen molar-refractivity contribution in [1.82, 2.24) is 15.5 Å². The van der Waals surface area contributed by atoms with E-state index in [4.69, 9.17) is 0 Å². The molecular weight excluding hydrogens is 302 g/mol. The highest BCUT2D eigenvalue weighted by Gasteiger charge is 2.23. The largest absolute Gasteiger partial charge is 0.355 e. The molecule has 122 valence electrons. The summed E-state index contributed by atoms with van der Waals surface area (Å²) in [4.78, 5) is 25.5. The van der Waals surface area contributed by atoms with Crippen LogP contribution in [0.15, 0.2) is 24.3 Å². The van der Waals surface area contributed by atoms with E-state index in [1.54, 1.807) is 24.1 Å². The number of likely N-dealkylation sites (N-methyl/N-ethyl adjacent to an activating group) is 1. The quantitative estimate of drug-likeness (QED) is 0.883. The molecule has 1 fully saturated rings.